The molecule has 2 heterocycles. The maximum atomic E-state index is 11.0. The summed E-state index contributed by atoms with van der Waals surface area (Å²) in [6, 6.07) is 0. The third kappa shape index (κ3) is 0.615. The molecule has 12 heavy (non-hydrogen) atoms. The van der Waals surface area contributed by atoms with Crippen LogP contribution in [-0.2, 0) is 9.59 Å². The van der Waals surface area contributed by atoms with E-state index in [1.807, 2.05) is 0 Å². The monoisotopic (exact) mass is 170 g/mol. The van der Waals surface area contributed by atoms with Crippen molar-refractivity contribution in [2.24, 2.45) is 0 Å². The summed E-state index contributed by atoms with van der Waals surface area (Å²) in [4.78, 5) is 34.2. The molecule has 1 unspecified atom stereocenters. The van der Waals surface area contributed by atoms with Gasteiger partial charge in [0.05, 0.1) is 0 Å². The maximum absolute atomic E-state index is 11.0. The van der Waals surface area contributed by atoms with Crippen molar-refractivity contribution >= 4 is 17.9 Å². The van der Waals surface area contributed by atoms with E-state index in [1.165, 1.54) is 4.90 Å². The normalized spacial score (nSPS) is 27.2. The van der Waals surface area contributed by atoms with E-state index in [-0.39, 0.29) is 0 Å². The molecule has 6 nitrogen and oxygen atoms in total. The molecule has 2 rings (SSSR count). The molecule has 0 bridgehead atoms. The highest BCUT2D eigenvalue weighted by Gasteiger charge is 2.52. The van der Waals surface area contributed by atoms with Gasteiger partial charge in [0.15, 0.2) is 0 Å². The minimum absolute atomic E-state index is 0.485. The fourth-order valence-electron chi connectivity index (χ4n) is 1.45. The number of rotatable bonds is 0. The van der Waals surface area contributed by atoms with Gasteiger partial charge in [-0.25, -0.2) is 9.69 Å². The summed E-state index contributed by atoms with van der Waals surface area (Å²) in [5.74, 6) is -1.63. The van der Waals surface area contributed by atoms with Crippen molar-refractivity contribution in [2.75, 3.05) is 6.54 Å². The van der Waals surface area contributed by atoms with Gasteiger partial charge in [-0.3, -0.25) is 9.59 Å². The van der Waals surface area contributed by atoms with Gasteiger partial charge < -0.3 is 10.0 Å². The Kier molecular flexibility index (Phi) is 1.16. The predicted octanol–water partition coefficient (Wildman–Crippen LogP) is -0.935. The van der Waals surface area contributed by atoms with Gasteiger partial charge in [-0.05, 0) is 0 Å². The van der Waals surface area contributed by atoms with Gasteiger partial charge in [-0.1, -0.05) is 0 Å². The number of amides is 3. The third-order valence-corrected chi connectivity index (χ3v) is 2.15. The number of carbonyl (C=O) groups excluding carboxylic acids is 2. The number of carbonyl (C=O) groups is 3. The number of hydrogen-bond acceptors (Lipinski definition) is 3. The maximum Gasteiger partial charge on any atom is 0.416 e. The molecular formula is C6H6N2O4. The molecule has 2 saturated heterocycles. The molecule has 0 aliphatic carbocycles. The largest absolute Gasteiger partial charge is 0.465 e. The Morgan fingerprint density at radius 3 is 2.33 bits per heavy atom. The van der Waals surface area contributed by atoms with Crippen LogP contribution in [0.1, 0.15) is 6.42 Å². The van der Waals surface area contributed by atoms with Crippen LogP contribution in [0.25, 0.3) is 0 Å². The first-order chi connectivity index (χ1) is 5.63. The Morgan fingerprint density at radius 1 is 1.42 bits per heavy atom. The quantitative estimate of drug-likeness (QED) is 0.476. The number of carboxylic acid groups (broad SMARTS) is 1. The van der Waals surface area contributed by atoms with Gasteiger partial charge in [0.2, 0.25) is 0 Å². The molecule has 1 atom stereocenters. The van der Waals surface area contributed by atoms with Crippen molar-refractivity contribution in [1.82, 2.24) is 9.80 Å². The molecule has 1 N–H and O–H groups in total. The minimum atomic E-state index is -1.35. The summed E-state index contributed by atoms with van der Waals surface area (Å²) in [6.45, 7) is 0.485. The van der Waals surface area contributed by atoms with Crippen molar-refractivity contribution in [2.45, 2.75) is 12.6 Å². The van der Waals surface area contributed by atoms with Crippen molar-refractivity contribution < 1.29 is 19.5 Å². The lowest BCUT2D eigenvalue weighted by Gasteiger charge is -2.35. The van der Waals surface area contributed by atoms with Crippen molar-refractivity contribution in [3.8, 4) is 0 Å². The average molecular weight is 170 g/mol. The first-order valence-corrected chi connectivity index (χ1v) is 3.50. The summed E-state index contributed by atoms with van der Waals surface area (Å²) < 4.78 is 0. The SMILES string of the molecule is O=C1C(=O)N(C(=O)O)C2CCN12. The van der Waals surface area contributed by atoms with Crippen molar-refractivity contribution in [3.63, 3.8) is 0 Å². The van der Waals surface area contributed by atoms with Crippen LogP contribution in [0.4, 0.5) is 4.79 Å². The summed E-state index contributed by atoms with van der Waals surface area (Å²) >= 11 is 0. The zero-order chi connectivity index (χ0) is 8.88. The standard InChI is InChI=1S/C6H6N2O4/c9-4-5(10)8(6(11)12)3-1-2-7(3)4/h3H,1-2H2,(H,11,12). The molecule has 0 aromatic carbocycles. The number of nitrogens with zero attached hydrogens (tertiary/aromatic N) is 2. The van der Waals surface area contributed by atoms with Crippen LogP contribution >= 0.6 is 0 Å². The van der Waals surface area contributed by atoms with Crippen LogP contribution < -0.4 is 0 Å². The molecule has 0 aromatic heterocycles. The van der Waals surface area contributed by atoms with E-state index in [9.17, 15) is 14.4 Å². The highest BCUT2D eigenvalue weighted by Crippen LogP contribution is 2.28. The van der Waals surface area contributed by atoms with Crippen LogP contribution in [0, 0.1) is 0 Å². The van der Waals surface area contributed by atoms with E-state index in [4.69, 9.17) is 5.11 Å². The topological polar surface area (TPSA) is 77.9 Å². The fourth-order valence-corrected chi connectivity index (χ4v) is 1.45. The predicted molar refractivity (Wildman–Crippen MR) is 35.0 cm³/mol. The molecule has 2 aliphatic rings. The lowest BCUT2D eigenvalue weighted by atomic mass is 10.2. The van der Waals surface area contributed by atoms with Gasteiger partial charge in [-0.15, -0.1) is 0 Å². The summed E-state index contributed by atoms with van der Waals surface area (Å²) in [5, 5.41) is 8.55. The van der Waals surface area contributed by atoms with Crippen molar-refractivity contribution in [3.05, 3.63) is 0 Å². The van der Waals surface area contributed by atoms with Gasteiger partial charge in [-0.2, -0.15) is 0 Å². The fraction of sp³-hybridized carbons (Fsp3) is 0.500. The van der Waals surface area contributed by atoms with Gasteiger partial charge >= 0.3 is 17.9 Å². The van der Waals surface area contributed by atoms with Crippen molar-refractivity contribution in [1.29, 1.82) is 0 Å². The smallest absolute Gasteiger partial charge is 0.416 e. The van der Waals surface area contributed by atoms with E-state index in [2.05, 4.69) is 0 Å². The van der Waals surface area contributed by atoms with Crippen LogP contribution in [0.15, 0.2) is 0 Å². The molecule has 3 amide bonds. The Labute approximate surface area is 67.4 Å². The molecule has 0 saturated carbocycles. The molecule has 0 spiro atoms. The van der Waals surface area contributed by atoms with E-state index in [0.717, 1.165) is 0 Å². The Hall–Kier alpha value is -1.59. The number of imide groups is 1. The van der Waals surface area contributed by atoms with E-state index < -0.39 is 24.1 Å². The van der Waals surface area contributed by atoms with Crippen LogP contribution in [0.3, 0.4) is 0 Å². The highest BCUT2D eigenvalue weighted by molar-refractivity contribution is 6.39. The summed E-state index contributed by atoms with van der Waals surface area (Å²) in [6.07, 6.45) is -1.31. The first kappa shape index (κ1) is 7.08. The van der Waals surface area contributed by atoms with Gasteiger partial charge in [0.1, 0.15) is 6.17 Å². The second-order valence-electron chi connectivity index (χ2n) is 2.73. The zero-order valence-corrected chi connectivity index (χ0v) is 6.06. The van der Waals surface area contributed by atoms with Crippen LogP contribution in [-0.4, -0.2) is 45.5 Å². The first-order valence-electron chi connectivity index (χ1n) is 3.50. The second-order valence-corrected chi connectivity index (χ2v) is 2.73. The molecule has 0 radical (unpaired) electrons. The average Bonchev–Trinajstić information content (AvgIpc) is 2.08. The highest BCUT2D eigenvalue weighted by atomic mass is 16.4. The molecule has 2 aliphatic heterocycles. The van der Waals surface area contributed by atoms with E-state index >= 15 is 0 Å². The molecule has 64 valence electrons. The Morgan fingerprint density at radius 2 is 2.08 bits per heavy atom. The van der Waals surface area contributed by atoms with Gasteiger partial charge in [0, 0.05) is 13.0 Å². The van der Waals surface area contributed by atoms with E-state index in [0.29, 0.717) is 17.9 Å². The zero-order valence-electron chi connectivity index (χ0n) is 6.06. The Balaban J connectivity index is 2.31. The lowest BCUT2D eigenvalue weighted by Crippen LogP contribution is -2.51. The lowest BCUT2D eigenvalue weighted by molar-refractivity contribution is -0.143. The number of fused-ring (bicyclic) bond motifs is 1. The molecule has 0 aromatic rings. The number of hydrogen-bond donors (Lipinski definition) is 1. The Bertz CT molecular complexity index is 287. The van der Waals surface area contributed by atoms with Crippen LogP contribution in [0.2, 0.25) is 0 Å². The molecular weight excluding hydrogens is 164 g/mol. The van der Waals surface area contributed by atoms with Crippen LogP contribution in [0.5, 0.6) is 0 Å². The summed E-state index contributed by atoms with van der Waals surface area (Å²) in [7, 11) is 0. The minimum Gasteiger partial charge on any atom is -0.465 e. The second kappa shape index (κ2) is 1.96. The van der Waals surface area contributed by atoms with Gasteiger partial charge in [0.25, 0.3) is 0 Å². The van der Waals surface area contributed by atoms with E-state index in [1.54, 1.807) is 0 Å². The molecule has 2 fully saturated rings. The molecule has 6 heteroatoms. The summed E-state index contributed by atoms with van der Waals surface area (Å²) in [5.41, 5.74) is 0. The third-order valence-electron chi connectivity index (χ3n) is 2.15.